The van der Waals surface area contributed by atoms with Crippen LogP contribution in [0.25, 0.3) is 5.82 Å². The van der Waals surface area contributed by atoms with Crippen LogP contribution in [-0.4, -0.2) is 45.9 Å². The molecule has 2 aromatic heterocycles. The molecule has 0 bridgehead atoms. The van der Waals surface area contributed by atoms with E-state index in [4.69, 9.17) is 4.74 Å². The summed E-state index contributed by atoms with van der Waals surface area (Å²) in [4.78, 5) is 20.9. The summed E-state index contributed by atoms with van der Waals surface area (Å²) in [5.74, 6) is -0.136. The first-order chi connectivity index (χ1) is 10.8. The normalized spacial score (nSPS) is 11.3. The molecule has 0 spiro atoms. The Labute approximate surface area is 129 Å². The van der Waals surface area contributed by atoms with Crippen molar-refractivity contribution >= 4 is 11.9 Å². The minimum absolute atomic E-state index is 0.0792. The topological polar surface area (TPSA) is 73.1 Å². The Bertz CT molecular complexity index is 686. The predicted molar refractivity (Wildman–Crippen MR) is 74.1 cm³/mol. The third-order valence-electron chi connectivity index (χ3n) is 2.76. The van der Waals surface area contributed by atoms with Gasteiger partial charge in [-0.05, 0) is 13.0 Å². The van der Waals surface area contributed by atoms with E-state index in [-0.39, 0.29) is 24.9 Å². The second-order valence-electron chi connectivity index (χ2n) is 4.52. The average Bonchev–Trinajstić information content (AvgIpc) is 2.97. The minimum Gasteiger partial charge on any atom is -0.465 e. The highest BCUT2D eigenvalue weighted by molar-refractivity contribution is 5.74. The van der Waals surface area contributed by atoms with E-state index >= 15 is 0 Å². The smallest absolute Gasteiger partial charge is 0.435 e. The van der Waals surface area contributed by atoms with Crippen LogP contribution >= 0.6 is 0 Å². The predicted octanol–water partition coefficient (Wildman–Crippen LogP) is 1.68. The maximum atomic E-state index is 12.6. The van der Waals surface area contributed by atoms with Gasteiger partial charge in [-0.3, -0.25) is 4.79 Å². The van der Waals surface area contributed by atoms with Crippen LogP contribution in [0.3, 0.4) is 0 Å². The molecule has 0 saturated carbocycles. The van der Waals surface area contributed by atoms with Crippen molar-refractivity contribution in [3.63, 3.8) is 0 Å². The number of anilines is 1. The number of nitrogens with zero attached hydrogens (tertiary/aromatic N) is 5. The minimum atomic E-state index is -4.53. The number of hydrogen-bond donors (Lipinski definition) is 0. The molecule has 0 aliphatic rings. The third kappa shape index (κ3) is 4.18. The maximum Gasteiger partial charge on any atom is 0.435 e. The molecule has 0 aliphatic heterocycles. The summed E-state index contributed by atoms with van der Waals surface area (Å²) in [5.41, 5.74) is -1.02. The molecule has 7 nitrogen and oxygen atoms in total. The first kappa shape index (κ1) is 16.7. The number of esters is 1. The van der Waals surface area contributed by atoms with Crippen molar-refractivity contribution in [3.05, 3.63) is 30.2 Å². The Hall–Kier alpha value is -2.65. The van der Waals surface area contributed by atoms with Gasteiger partial charge in [0.15, 0.2) is 11.5 Å². The molecule has 0 aromatic carbocycles. The van der Waals surface area contributed by atoms with Gasteiger partial charge in [0.2, 0.25) is 5.95 Å². The monoisotopic (exact) mass is 329 g/mol. The zero-order chi connectivity index (χ0) is 17.0. The summed E-state index contributed by atoms with van der Waals surface area (Å²) < 4.78 is 43.5. The molecule has 2 heterocycles. The number of carbonyl (C=O) groups is 1. The zero-order valence-corrected chi connectivity index (χ0v) is 12.4. The van der Waals surface area contributed by atoms with Crippen LogP contribution in [0, 0.1) is 0 Å². The van der Waals surface area contributed by atoms with Gasteiger partial charge in [-0.25, -0.2) is 9.67 Å². The van der Waals surface area contributed by atoms with Gasteiger partial charge in [0.25, 0.3) is 0 Å². The van der Waals surface area contributed by atoms with Crippen molar-refractivity contribution in [2.75, 3.05) is 25.1 Å². The molecule has 0 amide bonds. The Morgan fingerprint density at radius 3 is 2.74 bits per heavy atom. The molecule has 0 saturated heterocycles. The second-order valence-corrected chi connectivity index (χ2v) is 4.52. The molecule has 0 aliphatic carbocycles. The molecule has 2 rings (SSSR count). The molecular formula is C13H14F3N5O2. The first-order valence-electron chi connectivity index (χ1n) is 6.64. The van der Waals surface area contributed by atoms with Crippen LogP contribution in [-0.2, 0) is 15.7 Å². The third-order valence-corrected chi connectivity index (χ3v) is 2.76. The van der Waals surface area contributed by atoms with E-state index in [0.717, 1.165) is 16.9 Å². The van der Waals surface area contributed by atoms with Crippen LogP contribution in [0.4, 0.5) is 19.1 Å². The van der Waals surface area contributed by atoms with Gasteiger partial charge >= 0.3 is 12.1 Å². The Morgan fingerprint density at radius 2 is 2.13 bits per heavy atom. The fourth-order valence-corrected chi connectivity index (χ4v) is 1.72. The van der Waals surface area contributed by atoms with E-state index in [2.05, 4.69) is 15.1 Å². The van der Waals surface area contributed by atoms with Crippen molar-refractivity contribution in [2.24, 2.45) is 0 Å². The highest BCUT2D eigenvalue weighted by atomic mass is 19.4. The molecule has 124 valence electrons. The first-order valence-corrected chi connectivity index (χ1v) is 6.64. The van der Waals surface area contributed by atoms with Crippen molar-refractivity contribution < 1.29 is 22.7 Å². The lowest BCUT2D eigenvalue weighted by molar-refractivity contribution is -0.142. The summed E-state index contributed by atoms with van der Waals surface area (Å²) in [6.45, 7) is 1.86. The van der Waals surface area contributed by atoms with Gasteiger partial charge in [-0.15, -0.1) is 0 Å². The van der Waals surface area contributed by atoms with Crippen LogP contribution in [0.1, 0.15) is 12.6 Å². The number of aromatic nitrogens is 4. The number of alkyl halides is 3. The van der Waals surface area contributed by atoms with E-state index in [0.29, 0.717) is 0 Å². The summed E-state index contributed by atoms with van der Waals surface area (Å²) in [5, 5.41) is 3.43. The molecule has 0 fully saturated rings. The van der Waals surface area contributed by atoms with Crippen molar-refractivity contribution in [1.29, 1.82) is 0 Å². The fraction of sp³-hybridized carbons (Fsp3) is 0.385. The Kier molecular flexibility index (Phi) is 4.82. The highest BCUT2D eigenvalue weighted by Gasteiger charge is 2.33. The molecule has 23 heavy (non-hydrogen) atoms. The average molecular weight is 329 g/mol. The van der Waals surface area contributed by atoms with Gasteiger partial charge < -0.3 is 9.64 Å². The lowest BCUT2D eigenvalue weighted by Crippen LogP contribution is -2.28. The van der Waals surface area contributed by atoms with E-state index in [1.165, 1.54) is 17.2 Å². The van der Waals surface area contributed by atoms with Crippen molar-refractivity contribution in [2.45, 2.75) is 13.1 Å². The van der Waals surface area contributed by atoms with Gasteiger partial charge in [0, 0.05) is 25.5 Å². The summed E-state index contributed by atoms with van der Waals surface area (Å²) in [7, 11) is 1.57. The SMILES string of the molecule is CCOC(=O)CN(C)c1nccc(-n2ccc(C(F)(F)F)n2)n1. The van der Waals surface area contributed by atoms with Crippen LogP contribution in [0.5, 0.6) is 0 Å². The fourth-order valence-electron chi connectivity index (χ4n) is 1.72. The number of hydrogen-bond acceptors (Lipinski definition) is 6. The lowest BCUT2D eigenvalue weighted by Gasteiger charge is -2.16. The van der Waals surface area contributed by atoms with E-state index in [1.54, 1.807) is 14.0 Å². The quantitative estimate of drug-likeness (QED) is 0.777. The molecule has 0 atom stereocenters. The molecule has 0 unspecified atom stereocenters. The lowest BCUT2D eigenvalue weighted by atomic mass is 10.4. The number of likely N-dealkylation sites (N-methyl/N-ethyl adjacent to an activating group) is 1. The molecule has 2 aromatic rings. The molecule has 0 radical (unpaired) electrons. The Morgan fingerprint density at radius 1 is 1.39 bits per heavy atom. The summed E-state index contributed by atoms with van der Waals surface area (Å²) >= 11 is 0. The number of carbonyl (C=O) groups excluding carboxylic acids is 1. The summed E-state index contributed by atoms with van der Waals surface area (Å²) in [6, 6.07) is 2.26. The van der Waals surface area contributed by atoms with Crippen LogP contribution in [0.2, 0.25) is 0 Å². The summed E-state index contributed by atoms with van der Waals surface area (Å²) in [6.07, 6.45) is -2.00. The van der Waals surface area contributed by atoms with Crippen LogP contribution < -0.4 is 4.90 Å². The number of rotatable bonds is 5. The Balaban J connectivity index is 2.19. The molecule has 10 heteroatoms. The van der Waals surface area contributed by atoms with Crippen LogP contribution in [0.15, 0.2) is 24.5 Å². The van der Waals surface area contributed by atoms with Crippen molar-refractivity contribution in [1.82, 2.24) is 19.7 Å². The molecular weight excluding hydrogens is 315 g/mol. The second kappa shape index (κ2) is 6.63. The standard InChI is InChI=1S/C13H14F3N5O2/c1-3-23-11(22)8-20(2)12-17-6-4-10(18-12)21-7-5-9(19-21)13(14,15)16/h4-7H,3,8H2,1-2H3. The van der Waals surface area contributed by atoms with E-state index < -0.39 is 17.8 Å². The van der Waals surface area contributed by atoms with Gasteiger partial charge in [-0.2, -0.15) is 23.3 Å². The van der Waals surface area contributed by atoms with Gasteiger partial charge in [-0.1, -0.05) is 0 Å². The number of ether oxygens (including phenoxy) is 1. The number of halogens is 3. The van der Waals surface area contributed by atoms with Gasteiger partial charge in [0.05, 0.1) is 6.61 Å². The van der Waals surface area contributed by atoms with Crippen molar-refractivity contribution in [3.8, 4) is 5.82 Å². The van der Waals surface area contributed by atoms with Gasteiger partial charge in [0.1, 0.15) is 6.54 Å². The maximum absolute atomic E-state index is 12.6. The molecule has 0 N–H and O–H groups in total. The highest BCUT2D eigenvalue weighted by Crippen LogP contribution is 2.27. The zero-order valence-electron chi connectivity index (χ0n) is 12.4. The largest absolute Gasteiger partial charge is 0.465 e. The van der Waals surface area contributed by atoms with E-state index in [1.807, 2.05) is 0 Å². The van der Waals surface area contributed by atoms with E-state index in [9.17, 15) is 18.0 Å².